The number of nitrogens with zero attached hydrogens (tertiary/aromatic N) is 2. The molecule has 10 nitrogen and oxygen atoms in total. The highest BCUT2D eigenvalue weighted by atomic mass is 16.5. The Kier molecular flexibility index (Phi) is 11.7. The van der Waals surface area contributed by atoms with Crippen LogP contribution in [0.1, 0.15) is 47.9 Å². The number of alkyl carbamates (subject to hydrolysis) is 1. The van der Waals surface area contributed by atoms with Gasteiger partial charge in [-0.05, 0) is 42.0 Å². The minimum absolute atomic E-state index is 0.0423. The van der Waals surface area contributed by atoms with Gasteiger partial charge >= 0.3 is 6.09 Å². The van der Waals surface area contributed by atoms with Crippen molar-refractivity contribution in [3.05, 3.63) is 107 Å². The Hall–Kier alpha value is -4.86. The SMILES string of the molecule is CCOC(=O)NCc1ccc(CN(C(=O)C(c2ccccc2)c2ccccc2)[C@H](CCCN=C(N)N)C(N)=O)cc1. The van der Waals surface area contributed by atoms with Crippen LogP contribution in [0.3, 0.4) is 0 Å². The summed E-state index contributed by atoms with van der Waals surface area (Å²) in [6.07, 6.45) is 0.247. The molecule has 0 heterocycles. The van der Waals surface area contributed by atoms with E-state index in [0.29, 0.717) is 19.5 Å². The maximum atomic E-state index is 14.4. The molecular formula is C31H38N6O4. The molecule has 0 aliphatic carbocycles. The van der Waals surface area contributed by atoms with Crippen LogP contribution in [-0.4, -0.2) is 48.0 Å². The summed E-state index contributed by atoms with van der Waals surface area (Å²) in [4.78, 5) is 44.4. The molecule has 10 heteroatoms. The first kappa shape index (κ1) is 30.7. The van der Waals surface area contributed by atoms with Crippen molar-refractivity contribution in [2.75, 3.05) is 13.2 Å². The van der Waals surface area contributed by atoms with Crippen molar-refractivity contribution >= 4 is 23.9 Å². The quantitative estimate of drug-likeness (QED) is 0.135. The lowest BCUT2D eigenvalue weighted by Crippen LogP contribution is -2.49. The van der Waals surface area contributed by atoms with Crippen molar-refractivity contribution in [3.8, 4) is 0 Å². The van der Waals surface area contributed by atoms with Crippen LogP contribution in [0, 0.1) is 0 Å². The molecule has 1 atom stereocenters. The lowest BCUT2D eigenvalue weighted by molar-refractivity contribution is -0.141. The van der Waals surface area contributed by atoms with Crippen molar-refractivity contribution < 1.29 is 19.1 Å². The van der Waals surface area contributed by atoms with Crippen LogP contribution < -0.4 is 22.5 Å². The van der Waals surface area contributed by atoms with E-state index >= 15 is 0 Å². The fourth-order valence-electron chi connectivity index (χ4n) is 4.54. The summed E-state index contributed by atoms with van der Waals surface area (Å²) in [7, 11) is 0. The Morgan fingerprint density at radius 1 is 0.854 bits per heavy atom. The van der Waals surface area contributed by atoms with Gasteiger partial charge in [0, 0.05) is 19.6 Å². The molecule has 0 aromatic heterocycles. The summed E-state index contributed by atoms with van der Waals surface area (Å²) in [5, 5.41) is 2.68. The van der Waals surface area contributed by atoms with Crippen LogP contribution in [0.25, 0.3) is 0 Å². The number of carbonyl (C=O) groups is 3. The van der Waals surface area contributed by atoms with Gasteiger partial charge in [-0.3, -0.25) is 14.6 Å². The number of primary amides is 1. The average molecular weight is 559 g/mol. The van der Waals surface area contributed by atoms with Crippen molar-refractivity contribution in [2.45, 2.75) is 44.8 Å². The summed E-state index contributed by atoms with van der Waals surface area (Å²) in [5.74, 6) is -1.55. The maximum absolute atomic E-state index is 14.4. The fraction of sp³-hybridized carbons (Fsp3) is 0.290. The van der Waals surface area contributed by atoms with Gasteiger partial charge in [-0.15, -0.1) is 0 Å². The largest absolute Gasteiger partial charge is 0.450 e. The standard InChI is InChI=1S/C31H38N6O4/c1-2-41-31(40)36-20-22-15-17-23(18-16-22)21-37(26(28(32)38)14-9-19-35-30(33)34)29(39)27(24-10-5-3-6-11-24)25-12-7-4-8-13-25/h3-8,10-13,15-18,26-27H,2,9,14,19-21H2,1H3,(H2,32,38)(H,36,40)(H4,33,34,35)/t26-/m1/s1. The zero-order valence-corrected chi connectivity index (χ0v) is 23.2. The minimum atomic E-state index is -0.892. The van der Waals surface area contributed by atoms with Crippen molar-refractivity contribution in [3.63, 3.8) is 0 Å². The molecule has 3 aromatic rings. The van der Waals surface area contributed by atoms with E-state index in [4.69, 9.17) is 21.9 Å². The van der Waals surface area contributed by atoms with Crippen LogP contribution in [0.15, 0.2) is 89.9 Å². The lowest BCUT2D eigenvalue weighted by atomic mass is 9.89. The molecule has 3 rings (SSSR count). The van der Waals surface area contributed by atoms with E-state index in [1.807, 2.05) is 84.9 Å². The van der Waals surface area contributed by atoms with Gasteiger partial charge in [0.25, 0.3) is 0 Å². The van der Waals surface area contributed by atoms with Crippen LogP contribution in [0.4, 0.5) is 4.79 Å². The zero-order valence-electron chi connectivity index (χ0n) is 23.2. The van der Waals surface area contributed by atoms with Crippen LogP contribution in [0.2, 0.25) is 0 Å². The number of nitrogens with two attached hydrogens (primary N) is 3. The van der Waals surface area contributed by atoms with Gasteiger partial charge in [0.15, 0.2) is 5.96 Å². The number of aliphatic imine (C=N–C) groups is 1. The van der Waals surface area contributed by atoms with Gasteiger partial charge in [0.05, 0.1) is 12.5 Å². The number of hydrogen-bond acceptors (Lipinski definition) is 5. The Morgan fingerprint density at radius 3 is 1.93 bits per heavy atom. The zero-order chi connectivity index (χ0) is 29.6. The molecule has 0 saturated carbocycles. The number of nitrogens with one attached hydrogen (secondary N) is 1. The number of benzene rings is 3. The van der Waals surface area contributed by atoms with Crippen LogP contribution in [0.5, 0.6) is 0 Å². The van der Waals surface area contributed by atoms with Gasteiger partial charge in [-0.2, -0.15) is 0 Å². The molecule has 0 spiro atoms. The first-order valence-electron chi connectivity index (χ1n) is 13.5. The van der Waals surface area contributed by atoms with E-state index in [1.165, 1.54) is 0 Å². The molecule has 3 aromatic carbocycles. The first-order chi connectivity index (χ1) is 19.8. The number of hydrogen-bond donors (Lipinski definition) is 4. The van der Waals surface area contributed by atoms with E-state index in [-0.39, 0.29) is 31.4 Å². The molecule has 0 aliphatic heterocycles. The molecule has 0 bridgehead atoms. The van der Waals surface area contributed by atoms with Crippen molar-refractivity contribution in [1.29, 1.82) is 0 Å². The normalized spacial score (nSPS) is 11.4. The molecule has 0 radical (unpaired) electrons. The molecular weight excluding hydrogens is 520 g/mol. The molecule has 3 amide bonds. The summed E-state index contributed by atoms with van der Waals surface area (Å²) in [5.41, 5.74) is 20.1. The highest BCUT2D eigenvalue weighted by Crippen LogP contribution is 2.29. The predicted molar refractivity (Wildman–Crippen MR) is 158 cm³/mol. The Labute approximate surface area is 240 Å². The number of carbonyl (C=O) groups excluding carboxylic acids is 3. The molecule has 0 unspecified atom stereocenters. The number of guanidine groups is 1. The third-order valence-corrected chi connectivity index (χ3v) is 6.52. The molecule has 0 fully saturated rings. The Morgan fingerprint density at radius 2 is 1.41 bits per heavy atom. The topological polar surface area (TPSA) is 166 Å². The second kappa shape index (κ2) is 15.7. The number of ether oxygens (including phenoxy) is 1. The second-order valence-corrected chi connectivity index (χ2v) is 9.48. The van der Waals surface area contributed by atoms with Gasteiger partial charge in [-0.25, -0.2) is 4.79 Å². The highest BCUT2D eigenvalue weighted by molar-refractivity contribution is 5.92. The first-order valence-corrected chi connectivity index (χ1v) is 13.5. The van der Waals surface area contributed by atoms with Crippen molar-refractivity contribution in [1.82, 2.24) is 10.2 Å². The van der Waals surface area contributed by atoms with Gasteiger partial charge in [0.2, 0.25) is 11.8 Å². The second-order valence-electron chi connectivity index (χ2n) is 9.48. The summed E-state index contributed by atoms with van der Waals surface area (Å²) < 4.78 is 4.90. The van der Waals surface area contributed by atoms with Gasteiger partial charge in [-0.1, -0.05) is 84.9 Å². The fourth-order valence-corrected chi connectivity index (χ4v) is 4.54. The van der Waals surface area contributed by atoms with Crippen molar-refractivity contribution in [2.24, 2.45) is 22.2 Å². The molecule has 0 aliphatic rings. The van der Waals surface area contributed by atoms with Gasteiger partial charge in [0.1, 0.15) is 6.04 Å². The summed E-state index contributed by atoms with van der Waals surface area (Å²) in [6, 6.07) is 25.4. The highest BCUT2D eigenvalue weighted by Gasteiger charge is 2.34. The van der Waals surface area contributed by atoms with E-state index < -0.39 is 24.0 Å². The van der Waals surface area contributed by atoms with E-state index in [9.17, 15) is 14.4 Å². The van der Waals surface area contributed by atoms with E-state index in [1.54, 1.807) is 11.8 Å². The lowest BCUT2D eigenvalue weighted by Gasteiger charge is -2.33. The third kappa shape index (κ3) is 9.38. The monoisotopic (exact) mass is 558 g/mol. The minimum Gasteiger partial charge on any atom is -0.450 e. The molecule has 0 saturated heterocycles. The van der Waals surface area contributed by atoms with E-state index in [2.05, 4.69) is 10.3 Å². The Bertz CT molecular complexity index is 1260. The number of amides is 3. The third-order valence-electron chi connectivity index (χ3n) is 6.52. The Balaban J connectivity index is 1.94. The molecule has 7 N–H and O–H groups in total. The summed E-state index contributed by atoms with van der Waals surface area (Å²) >= 11 is 0. The van der Waals surface area contributed by atoms with Gasteiger partial charge < -0.3 is 32.2 Å². The average Bonchev–Trinajstić information content (AvgIpc) is 2.97. The van der Waals surface area contributed by atoms with E-state index in [0.717, 1.165) is 22.3 Å². The molecule has 216 valence electrons. The molecule has 41 heavy (non-hydrogen) atoms. The smallest absolute Gasteiger partial charge is 0.407 e. The predicted octanol–water partition coefficient (Wildman–Crippen LogP) is 3.00. The number of rotatable bonds is 14. The van der Waals surface area contributed by atoms with Crippen LogP contribution in [-0.2, 0) is 27.4 Å². The summed E-state index contributed by atoms with van der Waals surface area (Å²) in [6.45, 7) is 2.77. The van der Waals surface area contributed by atoms with Crippen LogP contribution >= 0.6 is 0 Å². The maximum Gasteiger partial charge on any atom is 0.407 e.